The molecule has 0 saturated heterocycles. The van der Waals surface area contributed by atoms with E-state index in [4.69, 9.17) is 5.11 Å². The van der Waals surface area contributed by atoms with Crippen LogP contribution in [0.2, 0.25) is 0 Å². The van der Waals surface area contributed by atoms with Gasteiger partial charge in [-0.05, 0) is 5.41 Å². The number of carboxylic acids is 1. The zero-order chi connectivity index (χ0) is 15.3. The van der Waals surface area contributed by atoms with Gasteiger partial charge in [0.1, 0.15) is 11.9 Å². The molecule has 0 aliphatic carbocycles. The Balaban J connectivity index is 2.43. The summed E-state index contributed by atoms with van der Waals surface area (Å²) in [7, 11) is 1.88. The van der Waals surface area contributed by atoms with Gasteiger partial charge < -0.3 is 20.3 Å². The summed E-state index contributed by atoms with van der Waals surface area (Å²) in [5, 5.41) is 14.2. The van der Waals surface area contributed by atoms with E-state index in [1.807, 2.05) is 17.8 Å². The number of aryl methyl sites for hydroxylation is 1. The van der Waals surface area contributed by atoms with Crippen molar-refractivity contribution in [2.45, 2.75) is 33.2 Å². The van der Waals surface area contributed by atoms with Crippen LogP contribution in [0.4, 0.5) is 4.79 Å². The Kier molecular flexibility index (Phi) is 5.12. The number of aromatic nitrogens is 2. The van der Waals surface area contributed by atoms with Crippen LogP contribution in [0.25, 0.3) is 0 Å². The fourth-order valence-corrected chi connectivity index (χ4v) is 1.76. The highest BCUT2D eigenvalue weighted by molar-refractivity contribution is 5.83. The Morgan fingerprint density at radius 3 is 2.55 bits per heavy atom. The second kappa shape index (κ2) is 6.40. The molecule has 20 heavy (non-hydrogen) atoms. The van der Waals surface area contributed by atoms with E-state index < -0.39 is 23.5 Å². The Bertz CT molecular complexity index is 476. The summed E-state index contributed by atoms with van der Waals surface area (Å²) in [5.41, 5.74) is -0.553. The van der Waals surface area contributed by atoms with Crippen molar-refractivity contribution >= 4 is 12.0 Å². The normalized spacial score (nSPS) is 12.8. The van der Waals surface area contributed by atoms with Crippen LogP contribution in [-0.4, -0.2) is 39.2 Å². The lowest BCUT2D eigenvalue weighted by atomic mass is 9.87. The van der Waals surface area contributed by atoms with Gasteiger partial charge in [0.15, 0.2) is 0 Å². The molecule has 2 amide bonds. The molecule has 112 valence electrons. The van der Waals surface area contributed by atoms with Gasteiger partial charge in [-0.1, -0.05) is 20.8 Å². The van der Waals surface area contributed by atoms with E-state index in [1.54, 1.807) is 27.0 Å². The van der Waals surface area contributed by atoms with Crippen LogP contribution in [0.5, 0.6) is 0 Å². The van der Waals surface area contributed by atoms with E-state index in [2.05, 4.69) is 15.6 Å². The number of hydrogen-bond acceptors (Lipinski definition) is 3. The van der Waals surface area contributed by atoms with E-state index in [1.165, 1.54) is 0 Å². The molecule has 1 unspecified atom stereocenters. The molecule has 0 aromatic carbocycles. The molecule has 1 rings (SSSR count). The Hall–Kier alpha value is -2.05. The fraction of sp³-hybridized carbons (Fsp3) is 0.615. The number of hydrogen-bond donors (Lipinski definition) is 3. The molecule has 1 heterocycles. The van der Waals surface area contributed by atoms with E-state index in [0.717, 1.165) is 5.82 Å². The van der Waals surface area contributed by atoms with Crippen molar-refractivity contribution in [3.05, 3.63) is 18.2 Å². The molecular formula is C13H22N4O3. The molecular weight excluding hydrogens is 260 g/mol. The van der Waals surface area contributed by atoms with E-state index >= 15 is 0 Å². The Morgan fingerprint density at radius 1 is 1.45 bits per heavy atom. The molecule has 1 aromatic heterocycles. The number of carboxylic acid groups (broad SMARTS) is 1. The first-order chi connectivity index (χ1) is 9.21. The highest BCUT2D eigenvalue weighted by atomic mass is 16.4. The van der Waals surface area contributed by atoms with Crippen LogP contribution in [-0.2, 0) is 18.3 Å². The minimum Gasteiger partial charge on any atom is -0.480 e. The molecule has 7 heteroatoms. The predicted molar refractivity (Wildman–Crippen MR) is 74.3 cm³/mol. The Labute approximate surface area is 118 Å². The molecule has 1 atom stereocenters. The van der Waals surface area contributed by atoms with Gasteiger partial charge in [-0.15, -0.1) is 0 Å². The van der Waals surface area contributed by atoms with Gasteiger partial charge in [-0.2, -0.15) is 0 Å². The van der Waals surface area contributed by atoms with Crippen molar-refractivity contribution in [1.29, 1.82) is 0 Å². The first kappa shape index (κ1) is 16.0. The maximum absolute atomic E-state index is 11.7. The predicted octanol–water partition coefficient (Wildman–Crippen LogP) is 0.761. The highest BCUT2D eigenvalue weighted by Crippen LogP contribution is 2.19. The van der Waals surface area contributed by atoms with Crippen molar-refractivity contribution < 1.29 is 14.7 Å². The summed E-state index contributed by atoms with van der Waals surface area (Å²) >= 11 is 0. The van der Waals surface area contributed by atoms with Gasteiger partial charge in [0.25, 0.3) is 0 Å². The first-order valence-electron chi connectivity index (χ1n) is 6.45. The van der Waals surface area contributed by atoms with Crippen molar-refractivity contribution in [2.24, 2.45) is 12.5 Å². The third kappa shape index (κ3) is 4.56. The number of nitrogens with one attached hydrogen (secondary N) is 2. The smallest absolute Gasteiger partial charge is 0.326 e. The first-order valence-corrected chi connectivity index (χ1v) is 6.45. The number of urea groups is 1. The van der Waals surface area contributed by atoms with Gasteiger partial charge in [0.05, 0.1) is 0 Å². The van der Waals surface area contributed by atoms with Gasteiger partial charge in [0.2, 0.25) is 0 Å². The lowest BCUT2D eigenvalue weighted by Gasteiger charge is -2.27. The van der Waals surface area contributed by atoms with Gasteiger partial charge in [-0.25, -0.2) is 14.6 Å². The number of nitrogens with zero attached hydrogens (tertiary/aromatic N) is 2. The summed E-state index contributed by atoms with van der Waals surface area (Å²) in [5.74, 6) is -0.187. The van der Waals surface area contributed by atoms with Crippen molar-refractivity contribution in [1.82, 2.24) is 20.2 Å². The molecule has 0 fully saturated rings. The van der Waals surface area contributed by atoms with Crippen LogP contribution in [0.15, 0.2) is 12.4 Å². The number of amides is 2. The second-order valence-electron chi connectivity index (χ2n) is 5.74. The standard InChI is InChI=1S/C13H22N4O3/c1-13(2,3)10(11(18)19)16-12(20)15-6-5-9-14-7-8-17(9)4/h7-8,10H,5-6H2,1-4H3,(H,18,19)(H2,15,16,20). The van der Waals surface area contributed by atoms with E-state index in [9.17, 15) is 9.59 Å². The van der Waals surface area contributed by atoms with Crippen LogP contribution >= 0.6 is 0 Å². The van der Waals surface area contributed by atoms with Crippen LogP contribution in [0, 0.1) is 5.41 Å². The van der Waals surface area contributed by atoms with Crippen molar-refractivity contribution in [3.63, 3.8) is 0 Å². The summed E-state index contributed by atoms with van der Waals surface area (Å²) in [6, 6.07) is -1.42. The molecule has 7 nitrogen and oxygen atoms in total. The third-order valence-corrected chi connectivity index (χ3v) is 2.94. The lowest BCUT2D eigenvalue weighted by Crippen LogP contribution is -2.52. The van der Waals surface area contributed by atoms with E-state index in [-0.39, 0.29) is 0 Å². The van der Waals surface area contributed by atoms with Crippen LogP contribution in [0.1, 0.15) is 26.6 Å². The minimum absolute atomic E-state index is 0.396. The molecule has 0 radical (unpaired) electrons. The van der Waals surface area contributed by atoms with Crippen LogP contribution < -0.4 is 10.6 Å². The number of imidazole rings is 1. The van der Waals surface area contributed by atoms with Crippen molar-refractivity contribution in [2.75, 3.05) is 6.54 Å². The molecule has 1 aromatic rings. The van der Waals surface area contributed by atoms with Gasteiger partial charge in [-0.3, -0.25) is 0 Å². The molecule has 0 spiro atoms. The second-order valence-corrected chi connectivity index (χ2v) is 5.74. The molecule has 0 saturated carbocycles. The SMILES string of the molecule is Cn1ccnc1CCNC(=O)NC(C(=O)O)C(C)(C)C. The quantitative estimate of drug-likeness (QED) is 0.743. The Morgan fingerprint density at radius 2 is 2.10 bits per heavy atom. The van der Waals surface area contributed by atoms with Crippen molar-refractivity contribution in [3.8, 4) is 0 Å². The third-order valence-electron chi connectivity index (χ3n) is 2.94. The minimum atomic E-state index is -1.04. The monoisotopic (exact) mass is 282 g/mol. The largest absolute Gasteiger partial charge is 0.480 e. The zero-order valence-corrected chi connectivity index (χ0v) is 12.3. The van der Waals surface area contributed by atoms with Crippen LogP contribution in [0.3, 0.4) is 0 Å². The maximum Gasteiger partial charge on any atom is 0.326 e. The fourth-order valence-electron chi connectivity index (χ4n) is 1.76. The molecule has 0 aliphatic heterocycles. The number of rotatable bonds is 5. The lowest BCUT2D eigenvalue weighted by molar-refractivity contribution is -0.141. The summed E-state index contributed by atoms with van der Waals surface area (Å²) in [6.07, 6.45) is 4.11. The molecule has 0 bridgehead atoms. The average Bonchev–Trinajstić information content (AvgIpc) is 2.70. The summed E-state index contributed by atoms with van der Waals surface area (Å²) < 4.78 is 1.87. The number of carbonyl (C=O) groups is 2. The summed E-state index contributed by atoms with van der Waals surface area (Å²) in [6.45, 7) is 5.69. The van der Waals surface area contributed by atoms with Gasteiger partial charge >= 0.3 is 12.0 Å². The number of aliphatic carboxylic acids is 1. The summed E-state index contributed by atoms with van der Waals surface area (Å²) in [4.78, 5) is 27.0. The molecule has 3 N–H and O–H groups in total. The topological polar surface area (TPSA) is 96.3 Å². The zero-order valence-electron chi connectivity index (χ0n) is 12.3. The van der Waals surface area contributed by atoms with Gasteiger partial charge in [0, 0.05) is 32.4 Å². The highest BCUT2D eigenvalue weighted by Gasteiger charge is 2.32. The van der Waals surface area contributed by atoms with E-state index in [0.29, 0.717) is 13.0 Å². The maximum atomic E-state index is 11.7. The molecule has 0 aliphatic rings. The number of carbonyl (C=O) groups excluding carboxylic acids is 1. The average molecular weight is 282 g/mol.